The molecule has 8 heteroatoms. The second-order valence-electron chi connectivity index (χ2n) is 9.40. The van der Waals surface area contributed by atoms with E-state index in [2.05, 4.69) is 57.6 Å². The zero-order valence-corrected chi connectivity index (χ0v) is 23.5. The molecule has 0 aliphatic carbocycles. The van der Waals surface area contributed by atoms with E-state index in [9.17, 15) is 4.79 Å². The van der Waals surface area contributed by atoms with Gasteiger partial charge in [0, 0.05) is 67.9 Å². The standard InChI is InChI=1S/C30H33N5O.2ClH/c1-23-14-15-27-28(31-23)12-7-13-29(27)35-20-18-34(19-21-35)17-16-24-8-6-9-25(22-24)32-30(36)33(2)26-10-4-3-5-11-26;;/h3-15,22H,16-21H2,1-2H3,(H,32,36);2*1H. The molecule has 0 saturated carbocycles. The topological polar surface area (TPSA) is 51.7 Å². The van der Waals surface area contributed by atoms with Crippen LogP contribution in [-0.2, 0) is 6.42 Å². The zero-order chi connectivity index (χ0) is 24.9. The van der Waals surface area contributed by atoms with Crippen LogP contribution >= 0.6 is 24.8 Å². The summed E-state index contributed by atoms with van der Waals surface area (Å²) in [6, 6.07) is 28.4. The molecule has 1 aliphatic heterocycles. The van der Waals surface area contributed by atoms with Gasteiger partial charge < -0.3 is 10.2 Å². The van der Waals surface area contributed by atoms with E-state index >= 15 is 0 Å². The van der Waals surface area contributed by atoms with Crippen LogP contribution in [0.1, 0.15) is 11.3 Å². The van der Waals surface area contributed by atoms with Gasteiger partial charge in [0.25, 0.3) is 0 Å². The molecule has 0 spiro atoms. The molecule has 0 bridgehead atoms. The molecule has 0 atom stereocenters. The number of halogens is 2. The highest BCUT2D eigenvalue weighted by molar-refractivity contribution is 6.01. The molecule has 5 rings (SSSR count). The summed E-state index contributed by atoms with van der Waals surface area (Å²) < 4.78 is 0. The molecular weight excluding hydrogens is 517 g/mol. The number of carbonyl (C=O) groups is 1. The number of hydrogen-bond donors (Lipinski definition) is 1. The number of carbonyl (C=O) groups excluding carboxylic acids is 1. The lowest BCUT2D eigenvalue weighted by Crippen LogP contribution is -2.47. The van der Waals surface area contributed by atoms with Gasteiger partial charge in [-0.1, -0.05) is 36.4 Å². The van der Waals surface area contributed by atoms with Crippen molar-refractivity contribution in [3.8, 4) is 0 Å². The fourth-order valence-electron chi connectivity index (χ4n) is 4.80. The molecule has 4 aromatic rings. The highest BCUT2D eigenvalue weighted by Crippen LogP contribution is 2.27. The van der Waals surface area contributed by atoms with Gasteiger partial charge in [0.1, 0.15) is 0 Å². The maximum atomic E-state index is 12.7. The number of rotatable bonds is 6. The highest BCUT2D eigenvalue weighted by atomic mass is 35.5. The second-order valence-corrected chi connectivity index (χ2v) is 9.40. The van der Waals surface area contributed by atoms with E-state index in [1.165, 1.54) is 16.6 Å². The Labute approximate surface area is 237 Å². The van der Waals surface area contributed by atoms with Crippen LogP contribution in [0.5, 0.6) is 0 Å². The molecule has 1 saturated heterocycles. The largest absolute Gasteiger partial charge is 0.368 e. The van der Waals surface area contributed by atoms with Crippen molar-refractivity contribution in [3.05, 3.63) is 96.2 Å². The lowest BCUT2D eigenvalue weighted by atomic mass is 10.1. The Morgan fingerprint density at radius 2 is 1.63 bits per heavy atom. The van der Waals surface area contributed by atoms with Crippen molar-refractivity contribution in [2.75, 3.05) is 54.9 Å². The predicted molar refractivity (Wildman–Crippen MR) is 164 cm³/mol. The summed E-state index contributed by atoms with van der Waals surface area (Å²) >= 11 is 0. The number of para-hydroxylation sites is 1. The van der Waals surface area contributed by atoms with E-state index in [1.54, 1.807) is 11.9 Å². The number of urea groups is 1. The molecule has 3 aromatic carbocycles. The van der Waals surface area contributed by atoms with E-state index in [4.69, 9.17) is 4.98 Å². The Bertz CT molecular complexity index is 1340. The summed E-state index contributed by atoms with van der Waals surface area (Å²) in [6.07, 6.45) is 0.954. The molecule has 1 aliphatic rings. The van der Waals surface area contributed by atoms with E-state index in [0.29, 0.717) is 0 Å². The Hall–Kier alpha value is -3.32. The summed E-state index contributed by atoms with van der Waals surface area (Å²) in [5.74, 6) is 0. The summed E-state index contributed by atoms with van der Waals surface area (Å²) in [7, 11) is 1.78. The van der Waals surface area contributed by atoms with E-state index in [-0.39, 0.29) is 30.8 Å². The summed E-state index contributed by atoms with van der Waals surface area (Å²) in [5, 5.41) is 4.25. The summed E-state index contributed by atoms with van der Waals surface area (Å²) in [4.78, 5) is 24.0. The predicted octanol–water partition coefficient (Wildman–Crippen LogP) is 6.42. The van der Waals surface area contributed by atoms with Gasteiger partial charge >= 0.3 is 6.03 Å². The lowest BCUT2D eigenvalue weighted by Gasteiger charge is -2.36. The van der Waals surface area contributed by atoms with Gasteiger partial charge in [-0.15, -0.1) is 24.8 Å². The maximum absolute atomic E-state index is 12.7. The average Bonchev–Trinajstić information content (AvgIpc) is 2.92. The van der Waals surface area contributed by atoms with Crippen LogP contribution in [0.4, 0.5) is 21.9 Å². The maximum Gasteiger partial charge on any atom is 0.326 e. The molecule has 200 valence electrons. The van der Waals surface area contributed by atoms with Crippen LogP contribution in [0.15, 0.2) is 84.9 Å². The van der Waals surface area contributed by atoms with Crippen molar-refractivity contribution in [2.45, 2.75) is 13.3 Å². The highest BCUT2D eigenvalue weighted by Gasteiger charge is 2.19. The molecule has 0 radical (unpaired) electrons. The Morgan fingerprint density at radius 1 is 0.895 bits per heavy atom. The molecule has 2 heterocycles. The van der Waals surface area contributed by atoms with Crippen molar-refractivity contribution in [2.24, 2.45) is 0 Å². The first-order chi connectivity index (χ1) is 17.6. The minimum atomic E-state index is -0.145. The lowest BCUT2D eigenvalue weighted by molar-refractivity contribution is 0.258. The van der Waals surface area contributed by atoms with Gasteiger partial charge in [-0.05, 0) is 67.4 Å². The van der Waals surface area contributed by atoms with Crippen LogP contribution in [0.3, 0.4) is 0 Å². The molecule has 1 fully saturated rings. The Kier molecular flexibility index (Phi) is 10.4. The minimum Gasteiger partial charge on any atom is -0.368 e. The third kappa shape index (κ3) is 6.95. The number of aromatic nitrogens is 1. The average molecular weight is 553 g/mol. The number of anilines is 3. The van der Waals surface area contributed by atoms with Crippen molar-refractivity contribution in [3.63, 3.8) is 0 Å². The molecule has 0 unspecified atom stereocenters. The molecule has 1 N–H and O–H groups in total. The molecular formula is C30H35Cl2N5O. The van der Waals surface area contributed by atoms with Crippen LogP contribution in [0.25, 0.3) is 10.9 Å². The zero-order valence-electron chi connectivity index (χ0n) is 21.8. The summed E-state index contributed by atoms with van der Waals surface area (Å²) in [6.45, 7) is 7.13. The molecule has 6 nitrogen and oxygen atoms in total. The van der Waals surface area contributed by atoms with E-state index in [0.717, 1.165) is 61.7 Å². The minimum absolute atomic E-state index is 0. The van der Waals surface area contributed by atoms with Crippen LogP contribution in [-0.4, -0.2) is 55.7 Å². The van der Waals surface area contributed by atoms with Crippen molar-refractivity contribution in [1.29, 1.82) is 0 Å². The Balaban J connectivity index is 0.00000200. The van der Waals surface area contributed by atoms with Crippen molar-refractivity contribution < 1.29 is 4.79 Å². The number of nitrogens with zero attached hydrogens (tertiary/aromatic N) is 4. The monoisotopic (exact) mass is 551 g/mol. The van der Waals surface area contributed by atoms with Crippen molar-refractivity contribution >= 4 is 58.8 Å². The fourth-order valence-corrected chi connectivity index (χ4v) is 4.80. The van der Waals surface area contributed by atoms with E-state index < -0.39 is 0 Å². The fraction of sp³-hybridized carbons (Fsp3) is 0.267. The van der Waals surface area contributed by atoms with Crippen molar-refractivity contribution in [1.82, 2.24) is 9.88 Å². The normalized spacial score (nSPS) is 13.4. The van der Waals surface area contributed by atoms with Gasteiger partial charge in [-0.3, -0.25) is 14.8 Å². The van der Waals surface area contributed by atoms with E-state index in [1.807, 2.05) is 49.4 Å². The van der Waals surface area contributed by atoms with Gasteiger partial charge in [-0.25, -0.2) is 4.79 Å². The van der Waals surface area contributed by atoms with Gasteiger partial charge in [0.05, 0.1) is 5.52 Å². The second kappa shape index (κ2) is 13.5. The van der Waals surface area contributed by atoms with Gasteiger partial charge in [0.15, 0.2) is 0 Å². The number of fused-ring (bicyclic) bond motifs is 1. The number of aryl methyl sites for hydroxylation is 1. The van der Waals surface area contributed by atoms with Crippen LogP contribution < -0.4 is 15.1 Å². The first-order valence-electron chi connectivity index (χ1n) is 12.6. The number of benzene rings is 3. The van der Waals surface area contributed by atoms with Gasteiger partial charge in [0.2, 0.25) is 0 Å². The summed E-state index contributed by atoms with van der Waals surface area (Å²) in [5.41, 5.74) is 6.31. The van der Waals surface area contributed by atoms with Crippen LogP contribution in [0.2, 0.25) is 0 Å². The number of pyridine rings is 1. The Morgan fingerprint density at radius 3 is 2.39 bits per heavy atom. The smallest absolute Gasteiger partial charge is 0.326 e. The number of hydrogen-bond acceptors (Lipinski definition) is 4. The first kappa shape index (κ1) is 29.2. The molecule has 38 heavy (non-hydrogen) atoms. The number of piperazine rings is 1. The third-order valence-corrected chi connectivity index (χ3v) is 6.90. The quantitative estimate of drug-likeness (QED) is 0.300. The molecule has 1 aromatic heterocycles. The third-order valence-electron chi connectivity index (χ3n) is 6.90. The van der Waals surface area contributed by atoms with Gasteiger partial charge in [-0.2, -0.15) is 0 Å². The van der Waals surface area contributed by atoms with Crippen LogP contribution in [0, 0.1) is 6.92 Å². The molecule has 2 amide bonds. The first-order valence-corrected chi connectivity index (χ1v) is 12.6. The number of amides is 2. The number of nitrogens with one attached hydrogen (secondary N) is 1. The SMILES string of the molecule is Cc1ccc2c(N3CCN(CCc4cccc(NC(=O)N(C)c5ccccc5)c4)CC3)cccc2n1.Cl.Cl.